The Kier molecular flexibility index (Phi) is 27.6. The fraction of sp³-hybridized carbons (Fsp3) is 0.586. The van der Waals surface area contributed by atoms with Gasteiger partial charge in [0.25, 0.3) is 0 Å². The Hall–Kier alpha value is -5.04. The first-order chi connectivity index (χ1) is 36.9. The van der Waals surface area contributed by atoms with Crippen molar-refractivity contribution in [1.82, 2.24) is 0 Å². The average Bonchev–Trinajstić information content (AvgIpc) is 3.34. The van der Waals surface area contributed by atoms with Crippen LogP contribution in [-0.4, -0.2) is 166 Å². The smallest absolute Gasteiger partial charge is 0.313 e. The van der Waals surface area contributed by atoms with Crippen molar-refractivity contribution in [3.8, 4) is 0 Å². The molecule has 3 aliphatic heterocycles. The van der Waals surface area contributed by atoms with Crippen molar-refractivity contribution in [2.75, 3.05) is 5.73 Å². The van der Waals surface area contributed by atoms with Gasteiger partial charge in [-0.1, -0.05) is 98.9 Å². The van der Waals surface area contributed by atoms with Gasteiger partial charge in [-0.15, -0.1) is 0 Å². The number of ether oxygens (including phenoxy) is 4. The second kappa shape index (κ2) is 32.9. The van der Waals surface area contributed by atoms with E-state index in [2.05, 4.69) is 0 Å². The number of carboxylic acids is 1. The first-order valence-electron chi connectivity index (χ1n) is 26.9. The summed E-state index contributed by atoms with van der Waals surface area (Å²) >= 11 is 0. The molecule has 2 saturated heterocycles. The monoisotopic (exact) mass is 1100 g/mol. The van der Waals surface area contributed by atoms with E-state index in [0.717, 1.165) is 0 Å². The molecule has 3 heterocycles. The van der Waals surface area contributed by atoms with Crippen LogP contribution in [0.1, 0.15) is 115 Å². The van der Waals surface area contributed by atoms with Crippen LogP contribution < -0.4 is 11.5 Å². The van der Waals surface area contributed by atoms with Crippen LogP contribution in [-0.2, 0) is 33.3 Å². The van der Waals surface area contributed by atoms with Gasteiger partial charge in [-0.2, -0.15) is 0 Å². The van der Waals surface area contributed by atoms with Crippen LogP contribution in [0.25, 0.3) is 0 Å². The number of hydrogen-bond acceptors (Lipinski definition) is 19. The predicted molar refractivity (Wildman–Crippen MR) is 289 cm³/mol. The number of rotatable bonds is 10. The number of ketones is 2. The molecule has 2 fully saturated rings. The van der Waals surface area contributed by atoms with E-state index in [4.69, 9.17) is 30.4 Å². The molecule has 4 rings (SSSR count). The van der Waals surface area contributed by atoms with Crippen LogP contribution in [0, 0.1) is 17.8 Å². The molecule has 0 saturated carbocycles. The molecule has 2 bridgehead atoms. The number of hydrogen-bond donors (Lipinski definition) is 12. The molecule has 1 aromatic rings. The van der Waals surface area contributed by atoms with Gasteiger partial charge in [0.2, 0.25) is 0 Å². The Balaban J connectivity index is 1.52. The zero-order valence-electron chi connectivity index (χ0n) is 44.8. The molecule has 0 aromatic heterocycles. The molecular weight excluding hydrogens is 1010 g/mol. The molecule has 18 atom stereocenters. The van der Waals surface area contributed by atoms with E-state index in [-0.39, 0.29) is 69.0 Å². The third-order valence-corrected chi connectivity index (χ3v) is 14.1. The minimum atomic E-state index is -2.31. The lowest BCUT2D eigenvalue weighted by molar-refractivity contribution is -0.308. The van der Waals surface area contributed by atoms with Crippen molar-refractivity contribution in [2.45, 2.75) is 196 Å². The van der Waals surface area contributed by atoms with Gasteiger partial charge in [0.05, 0.1) is 67.1 Å². The molecule has 14 N–H and O–H groups in total. The summed E-state index contributed by atoms with van der Waals surface area (Å²) in [5.74, 6) is -7.37. The third-order valence-electron chi connectivity index (χ3n) is 14.1. The lowest BCUT2D eigenvalue weighted by Crippen LogP contribution is -2.61. The Morgan fingerprint density at radius 3 is 1.92 bits per heavy atom. The van der Waals surface area contributed by atoms with Crippen molar-refractivity contribution < 1.29 is 89.2 Å². The second-order valence-electron chi connectivity index (χ2n) is 21.0. The molecule has 78 heavy (non-hydrogen) atoms. The molecule has 3 aliphatic rings. The molecule has 13 unspecified atom stereocenters. The fourth-order valence-corrected chi connectivity index (χ4v) is 9.84. The van der Waals surface area contributed by atoms with E-state index in [1.165, 1.54) is 13.0 Å². The number of cyclic esters (lactones) is 1. The normalized spacial score (nSPS) is 37.8. The number of benzene rings is 1. The number of aliphatic hydroxyl groups is 9. The van der Waals surface area contributed by atoms with Gasteiger partial charge in [-0.05, 0) is 82.1 Å². The highest BCUT2D eigenvalue weighted by molar-refractivity contribution is 5.96. The highest BCUT2D eigenvalue weighted by Crippen LogP contribution is 2.38. The lowest BCUT2D eigenvalue weighted by atomic mass is 9.82. The molecule has 0 spiro atoms. The average molecular weight is 1100 g/mol. The molecule has 0 aliphatic carbocycles. The quantitative estimate of drug-likeness (QED) is 0.0692. The number of allylic oxidation sites excluding steroid dienone is 12. The van der Waals surface area contributed by atoms with Crippen molar-refractivity contribution >= 4 is 29.2 Å². The molecule has 20 nitrogen and oxygen atoms in total. The number of aliphatic hydroxyl groups excluding tert-OH is 8. The number of carbonyl (C=O) groups is 4. The van der Waals surface area contributed by atoms with Gasteiger partial charge >= 0.3 is 11.9 Å². The van der Waals surface area contributed by atoms with Crippen molar-refractivity contribution in [3.63, 3.8) is 0 Å². The summed E-state index contributed by atoms with van der Waals surface area (Å²) < 4.78 is 23.7. The second-order valence-corrected chi connectivity index (χ2v) is 21.0. The number of Topliss-reactive ketones (excluding diaryl/α,β-unsaturated/α-hetero) is 2. The maximum Gasteiger partial charge on any atom is 0.313 e. The minimum Gasteiger partial charge on any atom is -0.481 e. The molecule has 0 radical (unpaired) electrons. The van der Waals surface area contributed by atoms with Crippen LogP contribution in [0.5, 0.6) is 0 Å². The fourth-order valence-electron chi connectivity index (χ4n) is 9.84. The van der Waals surface area contributed by atoms with E-state index in [0.29, 0.717) is 17.7 Å². The number of carboxylic acid groups (broad SMARTS) is 1. The number of anilines is 1. The van der Waals surface area contributed by atoms with E-state index in [9.17, 15) is 70.2 Å². The zero-order chi connectivity index (χ0) is 57.5. The molecule has 20 heteroatoms. The van der Waals surface area contributed by atoms with E-state index < -0.39 is 141 Å². The molecule has 0 amide bonds. The SMILES string of the molecule is CC1\C=C/C=C\C=C/C=C\C=C/C=C\C=C/C(O[C@@H]2O[C@H](C)[C@@H](O)[C@H](N)[C@@H]2O)CC2OC(O)(CC(O)CC(O)CC(O)CC(O)CCCC(=O)CC(=O)OC1C(C)CCC(O)CC(=O)c1ccc(N)cc1)CC(O)C2C(=O)O. The molecule has 1 aromatic carbocycles. The number of fused-ring (bicyclic) bond motifs is 2. The molecular formula is C58H84N2O18. The summed E-state index contributed by atoms with van der Waals surface area (Å²) in [6.07, 6.45) is 5.99. The standard InChI is InChI=1S/C58H84N2O18/c1-35-17-14-12-10-8-6-4-5-7-9-11-13-15-20-46(76-57-54(71)52(60)53(70)37(3)75-57)32-49-51(56(72)73)48(68)34-58(74,78-49)33-45(66)29-44(65)28-43(64)27-40(61)18-16-19-41(62)31-50(69)77-55(35)36(2)21-26-42(63)30-47(67)38-22-24-39(59)25-23-38/h4-15,17,20,22-25,35-37,40,42-46,48-49,51-55,57,61,63-66,68,70-71,74H,16,18-19,21,26-34,59-60H2,1-3H3,(H,72,73)/b5-4-,8-6-,9-7-,12-10-,13-11-,17-14-,20-15-/t35?,36?,37-,40?,42?,43?,44?,45?,46?,48?,49?,51?,52+,53-,54+,55?,57+,58?/m1/s1. The van der Waals surface area contributed by atoms with Crippen LogP contribution in [0.2, 0.25) is 0 Å². The highest BCUT2D eigenvalue weighted by Gasteiger charge is 2.51. The van der Waals surface area contributed by atoms with E-state index >= 15 is 0 Å². The zero-order valence-corrected chi connectivity index (χ0v) is 44.8. The number of aliphatic carboxylic acids is 1. The van der Waals surface area contributed by atoms with Gasteiger partial charge in [0, 0.05) is 49.3 Å². The van der Waals surface area contributed by atoms with E-state index in [1.807, 2.05) is 19.9 Å². The number of carbonyl (C=O) groups excluding carboxylic acids is 3. The van der Waals surface area contributed by atoms with Gasteiger partial charge in [0.15, 0.2) is 17.9 Å². The van der Waals surface area contributed by atoms with E-state index in [1.54, 1.807) is 97.2 Å². The number of nitrogens with two attached hydrogens (primary N) is 2. The Labute approximate surface area is 456 Å². The summed E-state index contributed by atoms with van der Waals surface area (Å²) in [7, 11) is 0. The predicted octanol–water partition coefficient (Wildman–Crippen LogP) is 3.32. The summed E-state index contributed by atoms with van der Waals surface area (Å²) in [4.78, 5) is 51.5. The lowest BCUT2D eigenvalue weighted by Gasteiger charge is -2.45. The van der Waals surface area contributed by atoms with Gasteiger partial charge < -0.3 is 81.5 Å². The topological polar surface area (TPSA) is 360 Å². The maximum absolute atomic E-state index is 13.2. The van der Waals surface area contributed by atoms with Crippen LogP contribution >= 0.6 is 0 Å². The Bertz CT molecular complexity index is 2250. The van der Waals surface area contributed by atoms with Crippen LogP contribution in [0.3, 0.4) is 0 Å². The molecule has 434 valence electrons. The van der Waals surface area contributed by atoms with Gasteiger partial charge in [-0.25, -0.2) is 0 Å². The first-order valence-corrected chi connectivity index (χ1v) is 26.9. The number of nitrogen functional groups attached to an aromatic ring is 1. The van der Waals surface area contributed by atoms with Gasteiger partial charge in [-0.3, -0.25) is 19.2 Å². The summed E-state index contributed by atoms with van der Waals surface area (Å²) in [5, 5.41) is 108. The third kappa shape index (κ3) is 22.6. The Morgan fingerprint density at radius 2 is 1.32 bits per heavy atom. The maximum atomic E-state index is 13.2. The Morgan fingerprint density at radius 1 is 0.756 bits per heavy atom. The largest absolute Gasteiger partial charge is 0.481 e. The van der Waals surface area contributed by atoms with Crippen molar-refractivity contribution in [2.24, 2.45) is 23.5 Å². The highest BCUT2D eigenvalue weighted by atomic mass is 16.7. The van der Waals surface area contributed by atoms with Crippen molar-refractivity contribution in [3.05, 3.63) is 115 Å². The minimum absolute atomic E-state index is 0.0724. The summed E-state index contributed by atoms with van der Waals surface area (Å²) in [6, 6.07) is 5.28. The number of esters is 1. The summed E-state index contributed by atoms with van der Waals surface area (Å²) in [5.41, 5.74) is 12.7. The first kappa shape index (κ1) is 65.5. The summed E-state index contributed by atoms with van der Waals surface area (Å²) in [6.45, 7) is 5.27. The van der Waals surface area contributed by atoms with Gasteiger partial charge in [0.1, 0.15) is 30.3 Å². The van der Waals surface area contributed by atoms with Crippen molar-refractivity contribution in [1.29, 1.82) is 0 Å². The van der Waals surface area contributed by atoms with Crippen LogP contribution in [0.4, 0.5) is 5.69 Å². The van der Waals surface area contributed by atoms with Crippen LogP contribution in [0.15, 0.2) is 109 Å².